The fourth-order valence-electron chi connectivity index (χ4n) is 3.50. The Kier molecular flexibility index (Phi) is 6.57. The number of hydrogen-bond donors (Lipinski definition) is 2. The first-order valence-corrected chi connectivity index (χ1v) is 9.83. The second-order valence-electron chi connectivity index (χ2n) is 6.99. The number of aromatic nitrogens is 1. The number of rotatable bonds is 7. The zero-order chi connectivity index (χ0) is 21.7. The topological polar surface area (TPSA) is 80.4 Å². The number of carbonyl (C=O) groups excluding carboxylic acids is 2. The molecule has 0 radical (unpaired) electrons. The van der Waals surface area contributed by atoms with E-state index in [1.165, 1.54) is 0 Å². The summed E-state index contributed by atoms with van der Waals surface area (Å²) in [7, 11) is 1.63. The summed E-state index contributed by atoms with van der Waals surface area (Å²) in [6, 6.07) is 15.6. The van der Waals surface area contributed by atoms with E-state index in [9.17, 15) is 9.59 Å². The summed E-state index contributed by atoms with van der Waals surface area (Å²) in [6.07, 6.45) is 0.683. The van der Waals surface area contributed by atoms with Gasteiger partial charge in [-0.15, -0.1) is 0 Å². The van der Waals surface area contributed by atoms with E-state index in [-0.39, 0.29) is 12.5 Å². The molecular formula is C24H26N2O4. The number of benzene rings is 2. The highest BCUT2D eigenvalue weighted by atomic mass is 16.5. The molecule has 1 amide bonds. The minimum absolute atomic E-state index is 0.272. The fourth-order valence-corrected chi connectivity index (χ4v) is 3.50. The van der Waals surface area contributed by atoms with E-state index >= 15 is 0 Å². The lowest BCUT2D eigenvalue weighted by Crippen LogP contribution is -2.14. The van der Waals surface area contributed by atoms with Gasteiger partial charge in [0.05, 0.1) is 19.3 Å². The SMILES string of the molecule is CCOC(=O)c1[nH]c(C)c(C(=O)Nc2ccc(OC)c(Cc3ccccc3)c2)c1C. The van der Waals surface area contributed by atoms with Crippen molar-refractivity contribution in [2.24, 2.45) is 0 Å². The van der Waals surface area contributed by atoms with Crippen molar-refractivity contribution in [3.63, 3.8) is 0 Å². The summed E-state index contributed by atoms with van der Waals surface area (Å²) in [5, 5.41) is 2.94. The summed E-state index contributed by atoms with van der Waals surface area (Å²) in [5.74, 6) is 0.00910. The molecule has 0 atom stereocenters. The molecule has 3 aromatic rings. The Morgan fingerprint density at radius 2 is 1.80 bits per heavy atom. The van der Waals surface area contributed by atoms with E-state index in [2.05, 4.69) is 10.3 Å². The van der Waals surface area contributed by atoms with Crippen molar-refractivity contribution in [1.82, 2.24) is 4.98 Å². The minimum Gasteiger partial charge on any atom is -0.496 e. The van der Waals surface area contributed by atoms with Crippen LogP contribution in [0.1, 0.15) is 50.2 Å². The van der Waals surface area contributed by atoms with Crippen molar-refractivity contribution >= 4 is 17.6 Å². The first-order valence-electron chi connectivity index (χ1n) is 9.83. The van der Waals surface area contributed by atoms with Gasteiger partial charge in [-0.1, -0.05) is 30.3 Å². The number of H-pyrrole nitrogens is 1. The lowest BCUT2D eigenvalue weighted by Gasteiger charge is -2.12. The lowest BCUT2D eigenvalue weighted by atomic mass is 10.0. The smallest absolute Gasteiger partial charge is 0.355 e. The van der Waals surface area contributed by atoms with Gasteiger partial charge < -0.3 is 19.8 Å². The Labute approximate surface area is 176 Å². The number of carbonyl (C=O) groups is 2. The molecule has 0 saturated carbocycles. The molecule has 1 heterocycles. The normalized spacial score (nSPS) is 10.5. The second kappa shape index (κ2) is 9.31. The van der Waals surface area contributed by atoms with E-state index in [1.54, 1.807) is 33.9 Å². The highest BCUT2D eigenvalue weighted by molar-refractivity contribution is 6.08. The highest BCUT2D eigenvalue weighted by Crippen LogP contribution is 2.27. The predicted octanol–water partition coefficient (Wildman–Crippen LogP) is 4.66. The third kappa shape index (κ3) is 4.54. The molecule has 0 aliphatic rings. The first-order chi connectivity index (χ1) is 14.4. The number of nitrogens with one attached hydrogen (secondary N) is 2. The average Bonchev–Trinajstić information content (AvgIpc) is 3.03. The first kappa shape index (κ1) is 21.2. The zero-order valence-corrected chi connectivity index (χ0v) is 17.7. The van der Waals surface area contributed by atoms with E-state index in [1.807, 2.05) is 42.5 Å². The van der Waals surface area contributed by atoms with Crippen LogP contribution in [0.5, 0.6) is 5.75 Å². The third-order valence-corrected chi connectivity index (χ3v) is 4.92. The number of methoxy groups -OCH3 is 1. The Balaban J connectivity index is 1.85. The second-order valence-corrected chi connectivity index (χ2v) is 6.99. The standard InChI is InChI=1S/C24H26N2O4/c1-5-30-24(28)22-15(2)21(16(3)25-22)23(27)26-19-11-12-20(29-4)18(14-19)13-17-9-7-6-8-10-17/h6-12,14,25H,5,13H2,1-4H3,(H,26,27). The van der Waals surface area contributed by atoms with Gasteiger partial charge in [-0.05, 0) is 50.1 Å². The summed E-state index contributed by atoms with van der Waals surface area (Å²) in [6.45, 7) is 5.51. The molecule has 3 rings (SSSR count). The van der Waals surface area contributed by atoms with Crippen molar-refractivity contribution in [2.45, 2.75) is 27.2 Å². The van der Waals surface area contributed by atoms with Crippen molar-refractivity contribution < 1.29 is 19.1 Å². The number of hydrogen-bond acceptors (Lipinski definition) is 4. The lowest BCUT2D eigenvalue weighted by molar-refractivity contribution is 0.0519. The molecule has 0 aliphatic heterocycles. The molecule has 0 aliphatic carbocycles. The van der Waals surface area contributed by atoms with Gasteiger partial charge in [0.2, 0.25) is 0 Å². The van der Waals surface area contributed by atoms with Gasteiger partial charge in [0.1, 0.15) is 11.4 Å². The molecule has 0 spiro atoms. The Morgan fingerprint density at radius 3 is 2.47 bits per heavy atom. The van der Waals surface area contributed by atoms with Crippen LogP contribution in [0.15, 0.2) is 48.5 Å². The van der Waals surface area contributed by atoms with Crippen molar-refractivity contribution in [3.8, 4) is 5.75 Å². The van der Waals surface area contributed by atoms with Gasteiger partial charge in [-0.25, -0.2) is 4.79 Å². The van der Waals surface area contributed by atoms with E-state index in [4.69, 9.17) is 9.47 Å². The molecule has 6 nitrogen and oxygen atoms in total. The summed E-state index contributed by atoms with van der Waals surface area (Å²) in [4.78, 5) is 28.0. The molecular weight excluding hydrogens is 380 g/mol. The maximum absolute atomic E-state index is 13.0. The van der Waals surface area contributed by atoms with Gasteiger partial charge in [0.15, 0.2) is 0 Å². The van der Waals surface area contributed by atoms with Crippen LogP contribution in [0.2, 0.25) is 0 Å². The van der Waals surface area contributed by atoms with Gasteiger partial charge in [-0.3, -0.25) is 4.79 Å². The molecule has 0 fully saturated rings. The molecule has 0 unspecified atom stereocenters. The Morgan fingerprint density at radius 1 is 1.07 bits per heavy atom. The van der Waals surface area contributed by atoms with Gasteiger partial charge in [-0.2, -0.15) is 0 Å². The van der Waals surface area contributed by atoms with Crippen LogP contribution in [-0.2, 0) is 11.2 Å². The molecule has 0 saturated heterocycles. The summed E-state index contributed by atoms with van der Waals surface area (Å²) >= 11 is 0. The third-order valence-electron chi connectivity index (χ3n) is 4.92. The Bertz CT molecular complexity index is 1050. The van der Waals surface area contributed by atoms with Crippen LogP contribution >= 0.6 is 0 Å². The monoisotopic (exact) mass is 406 g/mol. The molecule has 0 bridgehead atoms. The highest BCUT2D eigenvalue weighted by Gasteiger charge is 2.23. The summed E-state index contributed by atoms with van der Waals surface area (Å²) < 4.78 is 10.5. The number of amides is 1. The van der Waals surface area contributed by atoms with Crippen LogP contribution in [0.3, 0.4) is 0 Å². The van der Waals surface area contributed by atoms with Gasteiger partial charge in [0.25, 0.3) is 5.91 Å². The van der Waals surface area contributed by atoms with Gasteiger partial charge >= 0.3 is 5.97 Å². The number of aromatic amines is 1. The van der Waals surface area contributed by atoms with Crippen molar-refractivity contribution in [1.29, 1.82) is 0 Å². The number of esters is 1. The molecule has 156 valence electrons. The molecule has 2 aromatic carbocycles. The number of ether oxygens (including phenoxy) is 2. The van der Waals surface area contributed by atoms with Gasteiger partial charge in [0, 0.05) is 23.4 Å². The van der Waals surface area contributed by atoms with Crippen LogP contribution in [-0.4, -0.2) is 30.6 Å². The van der Waals surface area contributed by atoms with E-state index < -0.39 is 5.97 Å². The average molecular weight is 406 g/mol. The fraction of sp³-hybridized carbons (Fsp3) is 0.250. The largest absolute Gasteiger partial charge is 0.496 e. The molecule has 2 N–H and O–H groups in total. The van der Waals surface area contributed by atoms with Crippen LogP contribution in [0.4, 0.5) is 5.69 Å². The predicted molar refractivity (Wildman–Crippen MR) is 116 cm³/mol. The number of aryl methyl sites for hydroxylation is 1. The number of anilines is 1. The summed E-state index contributed by atoms with van der Waals surface area (Å²) in [5.41, 5.74) is 4.71. The quantitative estimate of drug-likeness (QED) is 0.559. The molecule has 30 heavy (non-hydrogen) atoms. The zero-order valence-electron chi connectivity index (χ0n) is 17.7. The van der Waals surface area contributed by atoms with Crippen LogP contribution in [0, 0.1) is 13.8 Å². The van der Waals surface area contributed by atoms with Crippen molar-refractivity contribution in [3.05, 3.63) is 82.2 Å². The van der Waals surface area contributed by atoms with E-state index in [0.29, 0.717) is 34.6 Å². The maximum atomic E-state index is 13.0. The Hall–Kier alpha value is -3.54. The minimum atomic E-state index is -0.466. The van der Waals surface area contributed by atoms with Crippen LogP contribution < -0.4 is 10.1 Å². The van der Waals surface area contributed by atoms with Crippen LogP contribution in [0.25, 0.3) is 0 Å². The van der Waals surface area contributed by atoms with E-state index in [0.717, 1.165) is 16.9 Å². The van der Waals surface area contributed by atoms with Crippen molar-refractivity contribution in [2.75, 3.05) is 19.0 Å². The maximum Gasteiger partial charge on any atom is 0.355 e. The molecule has 6 heteroatoms. The molecule has 1 aromatic heterocycles.